The minimum absolute atomic E-state index is 0.0110. The van der Waals surface area contributed by atoms with E-state index in [4.69, 9.17) is 0 Å². The molecule has 0 heterocycles. The molecule has 0 atom stereocenters. The molecule has 0 radical (unpaired) electrons. The number of anilines is 3. The van der Waals surface area contributed by atoms with Gasteiger partial charge in [-0.2, -0.15) is 13.2 Å². The highest BCUT2D eigenvalue weighted by atomic mass is 32.2. The van der Waals surface area contributed by atoms with E-state index >= 15 is 0 Å². The van der Waals surface area contributed by atoms with Crippen LogP contribution in [0.1, 0.15) is 15.9 Å². The van der Waals surface area contributed by atoms with Crippen LogP contribution < -0.4 is 14.9 Å². The summed E-state index contributed by atoms with van der Waals surface area (Å²) in [6.45, 7) is 0. The van der Waals surface area contributed by atoms with E-state index in [1.165, 1.54) is 53.4 Å². The average Bonchev–Trinajstić information content (AvgIpc) is 2.73. The van der Waals surface area contributed by atoms with E-state index in [0.717, 1.165) is 6.07 Å². The Bertz CT molecular complexity index is 1230. The first-order chi connectivity index (χ1) is 15.0. The summed E-state index contributed by atoms with van der Waals surface area (Å²) in [5.74, 6) is -0.811. The van der Waals surface area contributed by atoms with Gasteiger partial charge in [0.2, 0.25) is 0 Å². The van der Waals surface area contributed by atoms with Crippen LogP contribution in [0.4, 0.5) is 30.2 Å². The highest BCUT2D eigenvalue weighted by Crippen LogP contribution is 2.37. The van der Waals surface area contributed by atoms with Crippen LogP contribution in [0.3, 0.4) is 0 Å². The summed E-state index contributed by atoms with van der Waals surface area (Å²) >= 11 is 0. The standard InChI is InChI=1S/C22H20F3N3O3S/c1-28(2)17-11-12-20(19(14-17)22(23,24)25)26-21(29)15-7-6-8-16(13-15)27-32(30,31)18-9-4-3-5-10-18/h3-14,27H,1-2H3,(H,26,29). The highest BCUT2D eigenvalue weighted by molar-refractivity contribution is 7.92. The summed E-state index contributed by atoms with van der Waals surface area (Å²) in [6.07, 6.45) is -4.68. The molecule has 10 heteroatoms. The summed E-state index contributed by atoms with van der Waals surface area (Å²) in [7, 11) is -0.675. The van der Waals surface area contributed by atoms with Crippen LogP contribution in [0.2, 0.25) is 0 Å². The minimum Gasteiger partial charge on any atom is -0.378 e. The molecule has 3 aromatic carbocycles. The van der Waals surface area contributed by atoms with Crippen LogP contribution >= 0.6 is 0 Å². The van der Waals surface area contributed by atoms with E-state index in [9.17, 15) is 26.4 Å². The molecule has 0 spiro atoms. The Kier molecular flexibility index (Phi) is 6.45. The van der Waals surface area contributed by atoms with Crippen molar-refractivity contribution in [2.45, 2.75) is 11.1 Å². The predicted octanol–water partition coefficient (Wildman–Crippen LogP) is 4.82. The van der Waals surface area contributed by atoms with E-state index in [-0.39, 0.29) is 16.1 Å². The fourth-order valence-corrected chi connectivity index (χ4v) is 3.96. The molecule has 0 saturated carbocycles. The van der Waals surface area contributed by atoms with Crippen molar-refractivity contribution in [2.24, 2.45) is 0 Å². The zero-order valence-electron chi connectivity index (χ0n) is 17.1. The van der Waals surface area contributed by atoms with Gasteiger partial charge in [0.15, 0.2) is 0 Å². The third-order valence-corrected chi connectivity index (χ3v) is 5.90. The van der Waals surface area contributed by atoms with Gasteiger partial charge < -0.3 is 10.2 Å². The lowest BCUT2D eigenvalue weighted by atomic mass is 10.1. The van der Waals surface area contributed by atoms with Crippen molar-refractivity contribution in [3.63, 3.8) is 0 Å². The van der Waals surface area contributed by atoms with Gasteiger partial charge in [-0.05, 0) is 48.5 Å². The zero-order valence-corrected chi connectivity index (χ0v) is 18.0. The van der Waals surface area contributed by atoms with Crippen LogP contribution in [0, 0.1) is 0 Å². The number of hydrogen-bond acceptors (Lipinski definition) is 4. The Balaban J connectivity index is 1.86. The maximum atomic E-state index is 13.5. The number of carbonyl (C=O) groups excluding carboxylic acids is 1. The van der Waals surface area contributed by atoms with Crippen molar-refractivity contribution in [2.75, 3.05) is 29.0 Å². The number of hydrogen-bond donors (Lipinski definition) is 2. The average molecular weight is 463 g/mol. The zero-order chi connectivity index (χ0) is 23.5. The molecule has 6 nitrogen and oxygen atoms in total. The molecule has 0 bridgehead atoms. The number of amides is 1. The molecule has 0 aliphatic rings. The quantitative estimate of drug-likeness (QED) is 0.549. The number of halogens is 3. The molecule has 32 heavy (non-hydrogen) atoms. The largest absolute Gasteiger partial charge is 0.418 e. The smallest absolute Gasteiger partial charge is 0.378 e. The van der Waals surface area contributed by atoms with Crippen LogP contribution in [0.5, 0.6) is 0 Å². The van der Waals surface area contributed by atoms with E-state index in [2.05, 4.69) is 10.0 Å². The molecule has 0 aromatic heterocycles. The number of sulfonamides is 1. The second-order valence-electron chi connectivity index (χ2n) is 7.08. The molecule has 3 rings (SSSR count). The first kappa shape index (κ1) is 23.1. The van der Waals surface area contributed by atoms with Gasteiger partial charge >= 0.3 is 6.18 Å². The SMILES string of the molecule is CN(C)c1ccc(NC(=O)c2cccc(NS(=O)(=O)c3ccccc3)c2)c(C(F)(F)F)c1. The Hall–Kier alpha value is -3.53. The maximum Gasteiger partial charge on any atom is 0.418 e. The van der Waals surface area contributed by atoms with E-state index < -0.39 is 33.4 Å². The second kappa shape index (κ2) is 8.91. The van der Waals surface area contributed by atoms with Gasteiger partial charge in [0.25, 0.3) is 15.9 Å². The van der Waals surface area contributed by atoms with Crippen molar-refractivity contribution < 1.29 is 26.4 Å². The fourth-order valence-electron chi connectivity index (χ4n) is 2.89. The molecule has 0 aliphatic carbocycles. The second-order valence-corrected chi connectivity index (χ2v) is 8.76. The predicted molar refractivity (Wildman–Crippen MR) is 117 cm³/mol. The molecule has 3 aromatic rings. The maximum absolute atomic E-state index is 13.5. The Morgan fingerprint density at radius 3 is 2.22 bits per heavy atom. The third kappa shape index (κ3) is 5.38. The Morgan fingerprint density at radius 1 is 0.906 bits per heavy atom. The van der Waals surface area contributed by atoms with Crippen LogP contribution in [-0.2, 0) is 16.2 Å². The summed E-state index contributed by atoms with van der Waals surface area (Å²) in [4.78, 5) is 14.2. The summed E-state index contributed by atoms with van der Waals surface area (Å²) in [5, 5.41) is 2.27. The topological polar surface area (TPSA) is 78.5 Å². The number of alkyl halides is 3. The molecule has 2 N–H and O–H groups in total. The van der Waals surface area contributed by atoms with E-state index in [1.54, 1.807) is 32.3 Å². The van der Waals surface area contributed by atoms with Gasteiger partial charge in [-0.1, -0.05) is 24.3 Å². The molecule has 0 fully saturated rings. The molecule has 168 valence electrons. The minimum atomic E-state index is -4.68. The molecule has 0 aliphatic heterocycles. The fraction of sp³-hybridized carbons (Fsp3) is 0.136. The lowest BCUT2D eigenvalue weighted by molar-refractivity contribution is -0.136. The summed E-state index contributed by atoms with van der Waals surface area (Å²) in [5.41, 5.74) is -0.974. The van der Waals surface area contributed by atoms with Gasteiger partial charge in [-0.3, -0.25) is 9.52 Å². The number of nitrogens with one attached hydrogen (secondary N) is 2. The van der Waals surface area contributed by atoms with Gasteiger partial charge in [0.1, 0.15) is 0 Å². The van der Waals surface area contributed by atoms with E-state index in [0.29, 0.717) is 5.69 Å². The number of nitrogens with zero attached hydrogens (tertiary/aromatic N) is 1. The molecule has 0 unspecified atom stereocenters. The summed E-state index contributed by atoms with van der Waals surface area (Å²) in [6, 6.07) is 16.7. The van der Waals surface area contributed by atoms with Crippen molar-refractivity contribution in [3.05, 3.63) is 83.9 Å². The van der Waals surface area contributed by atoms with Crippen molar-refractivity contribution >= 4 is 33.0 Å². The van der Waals surface area contributed by atoms with Crippen molar-refractivity contribution in [3.8, 4) is 0 Å². The first-order valence-corrected chi connectivity index (χ1v) is 10.8. The van der Waals surface area contributed by atoms with Crippen molar-refractivity contribution in [1.29, 1.82) is 0 Å². The van der Waals surface area contributed by atoms with Gasteiger partial charge in [-0.15, -0.1) is 0 Å². The van der Waals surface area contributed by atoms with Gasteiger partial charge in [0, 0.05) is 31.0 Å². The monoisotopic (exact) mass is 463 g/mol. The van der Waals surface area contributed by atoms with Crippen LogP contribution in [0.25, 0.3) is 0 Å². The van der Waals surface area contributed by atoms with Gasteiger partial charge in [-0.25, -0.2) is 8.42 Å². The lowest BCUT2D eigenvalue weighted by Gasteiger charge is -2.19. The number of benzene rings is 3. The molecular weight excluding hydrogens is 443 g/mol. The molecular formula is C22H20F3N3O3S. The van der Waals surface area contributed by atoms with Crippen LogP contribution in [-0.4, -0.2) is 28.4 Å². The van der Waals surface area contributed by atoms with Crippen molar-refractivity contribution in [1.82, 2.24) is 0 Å². The number of carbonyl (C=O) groups is 1. The third-order valence-electron chi connectivity index (χ3n) is 4.50. The highest BCUT2D eigenvalue weighted by Gasteiger charge is 2.34. The molecule has 1 amide bonds. The Morgan fingerprint density at radius 2 is 1.59 bits per heavy atom. The molecule has 0 saturated heterocycles. The Labute approximate surface area is 183 Å². The lowest BCUT2D eigenvalue weighted by Crippen LogP contribution is -2.18. The van der Waals surface area contributed by atoms with Crippen LogP contribution in [0.15, 0.2) is 77.7 Å². The van der Waals surface area contributed by atoms with Gasteiger partial charge in [0.05, 0.1) is 16.1 Å². The normalized spacial score (nSPS) is 11.7. The first-order valence-electron chi connectivity index (χ1n) is 9.35. The summed E-state index contributed by atoms with van der Waals surface area (Å²) < 4.78 is 67.8. The van der Waals surface area contributed by atoms with E-state index in [1.807, 2.05) is 0 Å². The number of rotatable bonds is 6.